The first kappa shape index (κ1) is 22.3. The Hall–Kier alpha value is -2.94. The van der Waals surface area contributed by atoms with Crippen molar-refractivity contribution in [2.24, 2.45) is 0 Å². The maximum atomic E-state index is 12.9. The lowest BCUT2D eigenvalue weighted by atomic mass is 10.0. The van der Waals surface area contributed by atoms with Crippen LogP contribution in [-0.4, -0.2) is 84.0 Å². The highest BCUT2D eigenvalue weighted by atomic mass is 35.5. The number of rotatable bonds is 6. The number of nitrogens with zero attached hydrogens (tertiary/aromatic N) is 5. The van der Waals surface area contributed by atoms with E-state index in [-0.39, 0.29) is 6.03 Å². The molecule has 1 fully saturated rings. The van der Waals surface area contributed by atoms with Crippen molar-refractivity contribution >= 4 is 17.6 Å². The van der Waals surface area contributed by atoms with Gasteiger partial charge in [-0.15, -0.1) is 0 Å². The van der Waals surface area contributed by atoms with Gasteiger partial charge in [0.2, 0.25) is 0 Å². The van der Waals surface area contributed by atoms with Crippen LogP contribution in [0.2, 0.25) is 5.02 Å². The SMILES string of the molecule is COc1cc(Cl)cc(-c2nn(C(=O)NCCN3CCN(C)CC3)cc2-c2ccncc2)c1. The molecule has 0 atom stereocenters. The number of ether oxygens (including phenoxy) is 1. The minimum atomic E-state index is -0.269. The van der Waals surface area contributed by atoms with E-state index < -0.39 is 0 Å². The molecular weight excluding hydrogens is 428 g/mol. The van der Waals surface area contributed by atoms with Gasteiger partial charge in [0.15, 0.2) is 0 Å². The van der Waals surface area contributed by atoms with E-state index in [1.807, 2.05) is 24.3 Å². The molecule has 1 aliphatic rings. The quantitative estimate of drug-likeness (QED) is 0.617. The number of carbonyl (C=O) groups excluding carboxylic acids is 1. The van der Waals surface area contributed by atoms with Gasteiger partial charge >= 0.3 is 6.03 Å². The van der Waals surface area contributed by atoms with Crippen LogP contribution in [0, 0.1) is 0 Å². The number of hydrogen-bond donors (Lipinski definition) is 1. The van der Waals surface area contributed by atoms with Crippen molar-refractivity contribution in [3.05, 3.63) is 53.9 Å². The molecule has 1 aromatic carbocycles. The number of methoxy groups -OCH3 is 1. The van der Waals surface area contributed by atoms with Crippen LogP contribution >= 0.6 is 11.6 Å². The summed E-state index contributed by atoms with van der Waals surface area (Å²) in [6.45, 7) is 5.51. The summed E-state index contributed by atoms with van der Waals surface area (Å²) in [6.07, 6.45) is 5.17. The van der Waals surface area contributed by atoms with Gasteiger partial charge in [0.25, 0.3) is 0 Å². The lowest BCUT2D eigenvalue weighted by Gasteiger charge is -2.32. The number of piperazine rings is 1. The fourth-order valence-corrected chi connectivity index (χ4v) is 3.95. The monoisotopic (exact) mass is 454 g/mol. The van der Waals surface area contributed by atoms with Crippen LogP contribution < -0.4 is 10.1 Å². The van der Waals surface area contributed by atoms with Crippen molar-refractivity contribution < 1.29 is 9.53 Å². The van der Waals surface area contributed by atoms with Crippen LogP contribution in [0.5, 0.6) is 5.75 Å². The summed E-state index contributed by atoms with van der Waals surface area (Å²) in [4.78, 5) is 21.6. The van der Waals surface area contributed by atoms with E-state index >= 15 is 0 Å². The van der Waals surface area contributed by atoms with E-state index in [0.717, 1.165) is 49.4 Å². The standard InChI is InChI=1S/C23H27ClN6O2/c1-28-9-11-29(12-10-28)8-7-26-23(31)30-16-21(17-3-5-25-6-4-17)22(27-30)18-13-19(24)15-20(14-18)32-2/h3-6,13-16H,7-12H2,1-2H3,(H,26,31). The lowest BCUT2D eigenvalue weighted by Crippen LogP contribution is -2.47. The predicted octanol–water partition coefficient (Wildman–Crippen LogP) is 3.08. The number of hydrogen-bond acceptors (Lipinski definition) is 6. The second-order valence-corrected chi connectivity index (χ2v) is 8.26. The highest BCUT2D eigenvalue weighted by molar-refractivity contribution is 6.31. The Labute approximate surface area is 192 Å². The number of nitrogens with one attached hydrogen (secondary N) is 1. The third-order valence-corrected chi connectivity index (χ3v) is 5.81. The summed E-state index contributed by atoms with van der Waals surface area (Å²) in [5, 5.41) is 8.11. The first-order chi connectivity index (χ1) is 15.5. The van der Waals surface area contributed by atoms with Gasteiger partial charge in [-0.3, -0.25) is 9.88 Å². The average Bonchev–Trinajstić information content (AvgIpc) is 3.26. The summed E-state index contributed by atoms with van der Waals surface area (Å²) in [5.74, 6) is 0.624. The number of benzene rings is 1. The third-order valence-electron chi connectivity index (χ3n) is 5.59. The second kappa shape index (κ2) is 10.1. The molecule has 0 unspecified atom stereocenters. The smallest absolute Gasteiger partial charge is 0.342 e. The van der Waals surface area contributed by atoms with E-state index in [1.54, 1.807) is 31.8 Å². The van der Waals surface area contributed by atoms with Crippen molar-refractivity contribution in [1.29, 1.82) is 0 Å². The molecule has 8 nitrogen and oxygen atoms in total. The molecule has 0 saturated carbocycles. The van der Waals surface area contributed by atoms with Crippen LogP contribution in [0.3, 0.4) is 0 Å². The molecule has 0 aliphatic carbocycles. The molecule has 0 bridgehead atoms. The van der Waals surface area contributed by atoms with Gasteiger partial charge in [0.05, 0.1) is 7.11 Å². The summed E-state index contributed by atoms with van der Waals surface area (Å²) in [5.41, 5.74) is 3.13. The Morgan fingerprint density at radius 1 is 1.12 bits per heavy atom. The van der Waals surface area contributed by atoms with E-state index in [9.17, 15) is 4.79 Å². The van der Waals surface area contributed by atoms with Gasteiger partial charge in [0.1, 0.15) is 11.4 Å². The molecule has 3 aromatic rings. The topological polar surface area (TPSA) is 75.5 Å². The van der Waals surface area contributed by atoms with Crippen molar-refractivity contribution in [2.75, 3.05) is 53.4 Å². The van der Waals surface area contributed by atoms with Gasteiger partial charge < -0.3 is 15.0 Å². The molecule has 4 rings (SSSR count). The number of amides is 1. The minimum Gasteiger partial charge on any atom is -0.497 e. The molecule has 0 spiro atoms. The molecule has 1 N–H and O–H groups in total. The number of likely N-dealkylation sites (N-methyl/N-ethyl adjacent to an activating group) is 1. The van der Waals surface area contributed by atoms with Crippen LogP contribution in [0.1, 0.15) is 0 Å². The maximum absolute atomic E-state index is 12.9. The molecule has 1 aliphatic heterocycles. The molecular formula is C23H27ClN6O2. The normalized spacial score (nSPS) is 15.0. The Morgan fingerprint density at radius 3 is 2.59 bits per heavy atom. The highest BCUT2D eigenvalue weighted by Crippen LogP contribution is 2.34. The molecule has 2 aromatic heterocycles. The molecule has 3 heterocycles. The first-order valence-corrected chi connectivity index (χ1v) is 11.0. The number of halogens is 1. The van der Waals surface area contributed by atoms with Gasteiger partial charge in [-0.1, -0.05) is 11.6 Å². The van der Waals surface area contributed by atoms with Crippen molar-refractivity contribution in [3.63, 3.8) is 0 Å². The zero-order valence-corrected chi connectivity index (χ0v) is 19.0. The van der Waals surface area contributed by atoms with Crippen LogP contribution in [-0.2, 0) is 0 Å². The summed E-state index contributed by atoms with van der Waals surface area (Å²) >= 11 is 6.29. The Bertz CT molecular complexity index is 1060. The van der Waals surface area contributed by atoms with Gasteiger partial charge in [-0.2, -0.15) is 9.78 Å². The maximum Gasteiger partial charge on any atom is 0.342 e. The number of pyridine rings is 1. The van der Waals surface area contributed by atoms with Gasteiger partial charge in [0, 0.05) is 74.0 Å². The van der Waals surface area contributed by atoms with Crippen LogP contribution in [0.25, 0.3) is 22.4 Å². The van der Waals surface area contributed by atoms with E-state index in [4.69, 9.17) is 16.3 Å². The highest BCUT2D eigenvalue weighted by Gasteiger charge is 2.18. The van der Waals surface area contributed by atoms with Crippen LogP contribution in [0.4, 0.5) is 4.79 Å². The number of aromatic nitrogens is 3. The largest absolute Gasteiger partial charge is 0.497 e. The van der Waals surface area contributed by atoms with Crippen molar-refractivity contribution in [3.8, 4) is 28.1 Å². The Balaban J connectivity index is 1.55. The zero-order chi connectivity index (χ0) is 22.5. The summed E-state index contributed by atoms with van der Waals surface area (Å²) in [6, 6.07) is 8.91. The predicted molar refractivity (Wildman–Crippen MR) is 125 cm³/mol. The van der Waals surface area contributed by atoms with Crippen molar-refractivity contribution in [2.45, 2.75) is 0 Å². The molecule has 1 saturated heterocycles. The van der Waals surface area contributed by atoms with Crippen LogP contribution in [0.15, 0.2) is 48.9 Å². The summed E-state index contributed by atoms with van der Waals surface area (Å²) < 4.78 is 6.71. The Morgan fingerprint density at radius 2 is 1.88 bits per heavy atom. The zero-order valence-electron chi connectivity index (χ0n) is 18.3. The minimum absolute atomic E-state index is 0.269. The molecule has 168 valence electrons. The third kappa shape index (κ3) is 5.27. The van der Waals surface area contributed by atoms with Crippen molar-refractivity contribution in [1.82, 2.24) is 29.9 Å². The number of carbonyl (C=O) groups is 1. The van der Waals surface area contributed by atoms with Gasteiger partial charge in [-0.05, 0) is 42.9 Å². The van der Waals surface area contributed by atoms with E-state index in [2.05, 4.69) is 32.2 Å². The molecule has 32 heavy (non-hydrogen) atoms. The molecule has 9 heteroatoms. The molecule has 0 radical (unpaired) electrons. The fraction of sp³-hybridized carbons (Fsp3) is 0.348. The summed E-state index contributed by atoms with van der Waals surface area (Å²) in [7, 11) is 3.72. The first-order valence-electron chi connectivity index (χ1n) is 10.6. The molecule has 1 amide bonds. The van der Waals surface area contributed by atoms with Gasteiger partial charge in [-0.25, -0.2) is 4.79 Å². The van der Waals surface area contributed by atoms with E-state index in [1.165, 1.54) is 4.68 Å². The average molecular weight is 455 g/mol. The fourth-order valence-electron chi connectivity index (χ4n) is 3.72. The lowest BCUT2D eigenvalue weighted by molar-refractivity contribution is 0.155. The Kier molecular flexibility index (Phi) is 7.04. The second-order valence-electron chi connectivity index (χ2n) is 7.83. The van der Waals surface area contributed by atoms with E-state index in [0.29, 0.717) is 23.0 Å².